The van der Waals surface area contributed by atoms with Crippen LogP contribution in [-0.2, 0) is 16.0 Å². The molecule has 3 rings (SSSR count). The Kier molecular flexibility index (Phi) is 4.79. The number of para-hydroxylation sites is 1. The fourth-order valence-electron chi connectivity index (χ4n) is 2.82. The first kappa shape index (κ1) is 16.7. The summed E-state index contributed by atoms with van der Waals surface area (Å²) in [6.45, 7) is 0. The van der Waals surface area contributed by atoms with Gasteiger partial charge in [-0.25, -0.2) is 4.39 Å². The predicted molar refractivity (Wildman–Crippen MR) is 91.5 cm³/mol. The second kappa shape index (κ2) is 7.17. The number of hydrogen-bond donors (Lipinski definition) is 3. The Hall–Kier alpha value is -3.15. The van der Waals surface area contributed by atoms with Crippen LogP contribution in [0.3, 0.4) is 0 Å². The number of carboxylic acid groups (broad SMARTS) is 1. The normalized spacial score (nSPS) is 12.0. The first-order chi connectivity index (χ1) is 12.0. The number of aromatic amines is 1. The van der Waals surface area contributed by atoms with Crippen molar-refractivity contribution in [1.29, 1.82) is 0 Å². The monoisotopic (exact) mass is 340 g/mol. The summed E-state index contributed by atoms with van der Waals surface area (Å²) in [5.74, 6) is -1.75. The molecule has 5 nitrogen and oxygen atoms in total. The van der Waals surface area contributed by atoms with E-state index in [1.54, 1.807) is 6.20 Å². The van der Waals surface area contributed by atoms with Crippen molar-refractivity contribution >= 4 is 22.8 Å². The smallest absolute Gasteiger partial charge is 0.305 e. The molecule has 128 valence electrons. The number of benzene rings is 2. The van der Waals surface area contributed by atoms with E-state index in [2.05, 4.69) is 10.3 Å². The maximum Gasteiger partial charge on any atom is 0.305 e. The predicted octanol–water partition coefficient (Wildman–Crippen LogP) is 3.18. The van der Waals surface area contributed by atoms with Gasteiger partial charge in [0.25, 0.3) is 0 Å². The summed E-state index contributed by atoms with van der Waals surface area (Å²) in [5.41, 5.74) is 2.32. The van der Waals surface area contributed by atoms with Crippen LogP contribution in [0.15, 0.2) is 54.7 Å². The van der Waals surface area contributed by atoms with Gasteiger partial charge in [-0.2, -0.15) is 0 Å². The van der Waals surface area contributed by atoms with Gasteiger partial charge in [-0.05, 0) is 29.3 Å². The van der Waals surface area contributed by atoms with E-state index in [4.69, 9.17) is 5.11 Å². The molecule has 0 saturated heterocycles. The van der Waals surface area contributed by atoms with E-state index in [0.717, 1.165) is 16.5 Å². The summed E-state index contributed by atoms with van der Waals surface area (Å²) in [6.07, 6.45) is 1.63. The van der Waals surface area contributed by atoms with Crippen molar-refractivity contribution in [2.45, 2.75) is 18.9 Å². The van der Waals surface area contributed by atoms with Gasteiger partial charge in [0, 0.05) is 17.1 Å². The van der Waals surface area contributed by atoms with E-state index in [-0.39, 0.29) is 18.7 Å². The van der Waals surface area contributed by atoms with Crippen molar-refractivity contribution in [2.75, 3.05) is 0 Å². The molecule has 1 heterocycles. The summed E-state index contributed by atoms with van der Waals surface area (Å²) in [7, 11) is 0. The first-order valence-corrected chi connectivity index (χ1v) is 7.84. The highest BCUT2D eigenvalue weighted by Crippen LogP contribution is 2.20. The molecule has 0 saturated carbocycles. The van der Waals surface area contributed by atoms with Gasteiger partial charge in [0.1, 0.15) is 5.82 Å². The average Bonchev–Trinajstić information content (AvgIpc) is 2.98. The third-order valence-electron chi connectivity index (χ3n) is 4.01. The van der Waals surface area contributed by atoms with Crippen LogP contribution < -0.4 is 5.32 Å². The van der Waals surface area contributed by atoms with Crippen LogP contribution in [0.1, 0.15) is 23.6 Å². The van der Waals surface area contributed by atoms with Crippen LogP contribution >= 0.6 is 0 Å². The molecule has 1 aromatic heterocycles. The van der Waals surface area contributed by atoms with Crippen molar-refractivity contribution in [2.24, 2.45) is 0 Å². The number of nitrogens with one attached hydrogen (secondary N) is 2. The molecule has 0 radical (unpaired) electrons. The first-order valence-electron chi connectivity index (χ1n) is 7.84. The molecule has 25 heavy (non-hydrogen) atoms. The maximum atomic E-state index is 13.1. The van der Waals surface area contributed by atoms with Crippen LogP contribution in [0.2, 0.25) is 0 Å². The molecule has 0 aliphatic heterocycles. The number of aliphatic carboxylic acids is 1. The SMILES string of the molecule is O=C(O)C[C@@H](NC(=O)Cc1c[nH]c2ccccc12)c1ccc(F)cc1. The highest BCUT2D eigenvalue weighted by atomic mass is 19.1. The van der Waals surface area contributed by atoms with Crippen LogP contribution in [0.25, 0.3) is 10.9 Å². The standard InChI is InChI=1S/C19H17FN2O3/c20-14-7-5-12(6-8-14)17(10-19(24)25)22-18(23)9-13-11-21-16-4-2-1-3-15(13)16/h1-8,11,17,21H,9-10H2,(H,22,23)(H,24,25)/t17-/m1/s1. The number of halogens is 1. The highest BCUT2D eigenvalue weighted by molar-refractivity contribution is 5.89. The lowest BCUT2D eigenvalue weighted by atomic mass is 10.0. The van der Waals surface area contributed by atoms with E-state index >= 15 is 0 Å². The molecule has 6 heteroatoms. The van der Waals surface area contributed by atoms with E-state index in [1.807, 2.05) is 24.3 Å². The number of fused-ring (bicyclic) bond motifs is 1. The lowest BCUT2D eigenvalue weighted by Crippen LogP contribution is -2.31. The van der Waals surface area contributed by atoms with Crippen LogP contribution in [0.4, 0.5) is 4.39 Å². The second-order valence-electron chi connectivity index (χ2n) is 5.81. The average molecular weight is 340 g/mol. The fraction of sp³-hybridized carbons (Fsp3) is 0.158. The number of carbonyl (C=O) groups excluding carboxylic acids is 1. The maximum absolute atomic E-state index is 13.1. The summed E-state index contributed by atoms with van der Waals surface area (Å²) in [5, 5.41) is 12.8. The van der Waals surface area contributed by atoms with Crippen molar-refractivity contribution in [3.8, 4) is 0 Å². The van der Waals surface area contributed by atoms with Gasteiger partial charge in [0.15, 0.2) is 0 Å². The Morgan fingerprint density at radius 1 is 1.12 bits per heavy atom. The zero-order chi connectivity index (χ0) is 17.8. The molecule has 0 aliphatic rings. The third kappa shape index (κ3) is 4.03. The number of amides is 1. The molecule has 1 atom stereocenters. The minimum absolute atomic E-state index is 0.126. The summed E-state index contributed by atoms with van der Waals surface area (Å²) < 4.78 is 13.1. The molecule has 2 aromatic carbocycles. The minimum atomic E-state index is -1.04. The lowest BCUT2D eigenvalue weighted by Gasteiger charge is -2.17. The Balaban J connectivity index is 1.75. The second-order valence-corrected chi connectivity index (χ2v) is 5.81. The van der Waals surface area contributed by atoms with Crippen molar-refractivity contribution < 1.29 is 19.1 Å². The Morgan fingerprint density at radius 2 is 1.84 bits per heavy atom. The number of H-pyrrole nitrogens is 1. The zero-order valence-corrected chi connectivity index (χ0v) is 13.3. The Bertz CT molecular complexity index is 902. The summed E-state index contributed by atoms with van der Waals surface area (Å²) in [6, 6.07) is 12.4. The van der Waals surface area contributed by atoms with Crippen molar-refractivity contribution in [1.82, 2.24) is 10.3 Å². The number of rotatable bonds is 6. The van der Waals surface area contributed by atoms with E-state index in [1.165, 1.54) is 24.3 Å². The van der Waals surface area contributed by atoms with E-state index in [0.29, 0.717) is 5.56 Å². The quantitative estimate of drug-likeness (QED) is 0.644. The topological polar surface area (TPSA) is 82.2 Å². The number of carbonyl (C=O) groups is 2. The highest BCUT2D eigenvalue weighted by Gasteiger charge is 2.19. The van der Waals surface area contributed by atoms with Gasteiger partial charge in [0.2, 0.25) is 5.91 Å². The van der Waals surface area contributed by atoms with Crippen LogP contribution in [0, 0.1) is 5.82 Å². The molecule has 3 N–H and O–H groups in total. The Labute approximate surface area is 143 Å². The number of aromatic nitrogens is 1. The van der Waals surface area contributed by atoms with Crippen molar-refractivity contribution in [3.05, 3.63) is 71.7 Å². The molecule has 3 aromatic rings. The minimum Gasteiger partial charge on any atom is -0.481 e. The molecule has 0 fully saturated rings. The molecule has 0 unspecified atom stereocenters. The zero-order valence-electron chi connectivity index (χ0n) is 13.3. The summed E-state index contributed by atoms with van der Waals surface area (Å²) in [4.78, 5) is 26.6. The van der Waals surface area contributed by atoms with Gasteiger partial charge >= 0.3 is 5.97 Å². The van der Waals surface area contributed by atoms with Crippen molar-refractivity contribution in [3.63, 3.8) is 0 Å². The molecular formula is C19H17FN2O3. The molecular weight excluding hydrogens is 323 g/mol. The van der Waals surface area contributed by atoms with E-state index < -0.39 is 17.8 Å². The van der Waals surface area contributed by atoms with E-state index in [9.17, 15) is 14.0 Å². The number of hydrogen-bond acceptors (Lipinski definition) is 2. The molecule has 0 spiro atoms. The lowest BCUT2D eigenvalue weighted by molar-refractivity contribution is -0.137. The van der Waals surface area contributed by atoms with Gasteiger partial charge in [-0.1, -0.05) is 30.3 Å². The summed E-state index contributed by atoms with van der Waals surface area (Å²) >= 11 is 0. The fourth-order valence-corrected chi connectivity index (χ4v) is 2.82. The van der Waals surface area contributed by atoms with Crippen LogP contribution in [0.5, 0.6) is 0 Å². The third-order valence-corrected chi connectivity index (χ3v) is 4.01. The van der Waals surface area contributed by atoms with Gasteiger partial charge in [-0.3, -0.25) is 9.59 Å². The molecule has 0 bridgehead atoms. The largest absolute Gasteiger partial charge is 0.481 e. The van der Waals surface area contributed by atoms with Gasteiger partial charge in [-0.15, -0.1) is 0 Å². The molecule has 0 aliphatic carbocycles. The van der Waals surface area contributed by atoms with Gasteiger partial charge < -0.3 is 15.4 Å². The van der Waals surface area contributed by atoms with Crippen LogP contribution in [-0.4, -0.2) is 22.0 Å². The molecule has 1 amide bonds. The Morgan fingerprint density at radius 3 is 2.56 bits per heavy atom. The number of carboxylic acids is 1. The van der Waals surface area contributed by atoms with Gasteiger partial charge in [0.05, 0.1) is 18.9 Å².